The molecule has 20 heteroatoms. The Morgan fingerprint density at radius 1 is 0.581 bits per heavy atom. The second-order valence-electron chi connectivity index (χ2n) is 24.0. The number of fused-ring (bicyclic) bond motifs is 5. The summed E-state index contributed by atoms with van der Waals surface area (Å²) in [5.74, 6) is 1.14. The molecule has 0 radical (unpaired) electrons. The lowest BCUT2D eigenvalue weighted by atomic mass is 9.43. The minimum atomic E-state index is -1.60. The van der Waals surface area contributed by atoms with Crippen LogP contribution in [-0.4, -0.2) is 205 Å². The summed E-state index contributed by atoms with van der Waals surface area (Å²) in [6, 6.07) is 0. The Morgan fingerprint density at radius 2 is 1.09 bits per heavy atom. The van der Waals surface area contributed by atoms with E-state index in [-0.39, 0.29) is 59.6 Å². The molecule has 4 saturated carbocycles. The first kappa shape index (κ1) is 57.6. The molecule has 9 fully saturated rings. The average Bonchev–Trinajstić information content (AvgIpc) is 3.58. The Hall–Kier alpha value is -1.09. The normalized spacial score (nSPS) is 54.0. The fourth-order valence-corrected chi connectivity index (χ4v) is 15.7. The third kappa shape index (κ3) is 10.6. The third-order valence-corrected chi connectivity index (χ3v) is 20.1. The van der Waals surface area contributed by atoms with Crippen LogP contribution in [-0.2, 0) is 66.4 Å². The van der Waals surface area contributed by atoms with Gasteiger partial charge in [-0.05, 0) is 102 Å². The summed E-state index contributed by atoms with van der Waals surface area (Å²) in [6.07, 6.45) is -7.77. The molecule has 426 valence electrons. The van der Waals surface area contributed by atoms with E-state index in [0.717, 1.165) is 51.4 Å². The number of hydrogen-bond acceptors (Lipinski definition) is 20. The molecule has 9 aliphatic rings. The molecule has 5 heterocycles. The van der Waals surface area contributed by atoms with Gasteiger partial charge in [0, 0.05) is 58.8 Å². The van der Waals surface area contributed by atoms with Crippen LogP contribution in [0.15, 0.2) is 0 Å². The average molecular weight is 1060 g/mol. The first-order chi connectivity index (χ1) is 35.2. The zero-order valence-corrected chi connectivity index (χ0v) is 45.3. The number of Topliss-reactive ketones (excluding diaryl/α,β-unsaturated/α-hetero) is 1. The minimum Gasteiger partial charge on any atom is -0.394 e. The zero-order valence-electron chi connectivity index (χ0n) is 45.3. The summed E-state index contributed by atoms with van der Waals surface area (Å²) in [4.78, 5) is 13.6. The molecule has 4 aliphatic carbocycles. The summed E-state index contributed by atoms with van der Waals surface area (Å²) in [7, 11) is 4.80. The highest BCUT2D eigenvalue weighted by Crippen LogP contribution is 2.68. The zero-order chi connectivity index (χ0) is 53.2. The maximum atomic E-state index is 13.6. The molecule has 29 unspecified atom stereocenters. The van der Waals surface area contributed by atoms with E-state index in [1.807, 2.05) is 13.8 Å². The number of aliphatic hydroxyl groups is 6. The number of ketones is 1. The van der Waals surface area contributed by atoms with Crippen LogP contribution in [0, 0.1) is 34.5 Å². The molecule has 0 bridgehead atoms. The van der Waals surface area contributed by atoms with Gasteiger partial charge < -0.3 is 92.2 Å². The van der Waals surface area contributed by atoms with Gasteiger partial charge in [0.05, 0.1) is 61.5 Å². The second-order valence-corrected chi connectivity index (χ2v) is 24.0. The summed E-state index contributed by atoms with van der Waals surface area (Å²) < 4.78 is 81.2. The van der Waals surface area contributed by atoms with Crippen molar-refractivity contribution in [3.05, 3.63) is 0 Å². The van der Waals surface area contributed by atoms with Crippen LogP contribution in [0.25, 0.3) is 0 Å². The molecule has 5 saturated heterocycles. The van der Waals surface area contributed by atoms with Crippen molar-refractivity contribution in [1.29, 1.82) is 0 Å². The first-order valence-corrected chi connectivity index (χ1v) is 27.9. The first-order valence-electron chi connectivity index (χ1n) is 27.9. The Morgan fingerprint density at radius 3 is 1.62 bits per heavy atom. The predicted octanol–water partition coefficient (Wildman–Crippen LogP) is 3.02. The highest BCUT2D eigenvalue weighted by Gasteiger charge is 2.70. The van der Waals surface area contributed by atoms with Gasteiger partial charge in [0.25, 0.3) is 0 Å². The predicted molar refractivity (Wildman–Crippen MR) is 260 cm³/mol. The Kier molecular flexibility index (Phi) is 18.0. The number of carbonyl (C=O) groups excluding carboxylic acids is 1. The lowest BCUT2D eigenvalue weighted by Crippen LogP contribution is -2.64. The monoisotopic (exact) mass is 1060 g/mol. The second kappa shape index (κ2) is 23.2. The van der Waals surface area contributed by atoms with E-state index in [2.05, 4.69) is 20.8 Å². The molecule has 29 atom stereocenters. The van der Waals surface area contributed by atoms with Gasteiger partial charge in [-0.1, -0.05) is 27.2 Å². The van der Waals surface area contributed by atoms with Crippen molar-refractivity contribution >= 4 is 5.78 Å². The highest BCUT2D eigenvalue weighted by molar-refractivity contribution is 5.91. The van der Waals surface area contributed by atoms with Crippen LogP contribution in [0.1, 0.15) is 132 Å². The number of carbonyl (C=O) groups is 1. The van der Waals surface area contributed by atoms with E-state index in [1.54, 1.807) is 28.1 Å². The minimum absolute atomic E-state index is 0.0252. The van der Waals surface area contributed by atoms with Crippen molar-refractivity contribution in [2.75, 3.05) is 27.9 Å². The Labute approximate surface area is 436 Å². The molecule has 6 N–H and O–H groups in total. The molecule has 0 aromatic heterocycles. The quantitative estimate of drug-likeness (QED) is 0.129. The lowest BCUT2D eigenvalue weighted by molar-refractivity contribution is -0.358. The van der Waals surface area contributed by atoms with Gasteiger partial charge in [0.1, 0.15) is 54.4 Å². The van der Waals surface area contributed by atoms with Crippen LogP contribution >= 0.6 is 0 Å². The molecular weight excluding hydrogens is 969 g/mol. The van der Waals surface area contributed by atoms with Crippen molar-refractivity contribution < 1.29 is 97.0 Å². The molecule has 0 amide bonds. The molecule has 0 aromatic carbocycles. The summed E-state index contributed by atoms with van der Waals surface area (Å²) in [5.41, 5.74) is -1.49. The molecule has 20 nitrogen and oxygen atoms in total. The van der Waals surface area contributed by atoms with Crippen LogP contribution in [0.3, 0.4) is 0 Å². The summed E-state index contributed by atoms with van der Waals surface area (Å²) in [6.45, 7) is 13.6. The van der Waals surface area contributed by atoms with Crippen molar-refractivity contribution in [1.82, 2.24) is 0 Å². The van der Waals surface area contributed by atoms with E-state index < -0.39 is 129 Å². The van der Waals surface area contributed by atoms with Crippen LogP contribution in [0.2, 0.25) is 0 Å². The van der Waals surface area contributed by atoms with Gasteiger partial charge in [-0.3, -0.25) is 4.79 Å². The van der Waals surface area contributed by atoms with Gasteiger partial charge in [-0.25, -0.2) is 0 Å². The fourth-order valence-electron chi connectivity index (χ4n) is 15.7. The van der Waals surface area contributed by atoms with Crippen LogP contribution < -0.4 is 0 Å². The number of hydrogen-bond donors (Lipinski definition) is 6. The molecular formula is C54H90O20. The molecule has 9 rings (SSSR count). The van der Waals surface area contributed by atoms with E-state index in [4.69, 9.17) is 61.6 Å². The number of ether oxygens (including phenoxy) is 13. The van der Waals surface area contributed by atoms with Gasteiger partial charge >= 0.3 is 0 Å². The smallest absolute Gasteiger partial charge is 0.187 e. The standard InChI is InChI=1S/C54H90O20/c1-11-29-19-39(57)54(61)33-13-12-30-18-31(14-16-52(30,6)32(33)15-17-53(29,54)7)69-41-21-35(62-8)49(26(3)66-41)73-43-22-36(63-9)48(27(4)67-43)72-40-20-34(56)47(25(2)65-40)71-42-23-37(64-10)50(28(5)68-42)74-51-46(60)45(59)44(58)38(24-55)70-51/h25-38,40-51,55-56,58-61H,11-24H2,1-10H3. The molecule has 0 aromatic rings. The van der Waals surface area contributed by atoms with E-state index in [9.17, 15) is 35.4 Å². The van der Waals surface area contributed by atoms with Crippen molar-refractivity contribution in [3.8, 4) is 0 Å². The van der Waals surface area contributed by atoms with E-state index >= 15 is 0 Å². The van der Waals surface area contributed by atoms with Gasteiger partial charge in [0.2, 0.25) is 0 Å². The summed E-state index contributed by atoms with van der Waals surface area (Å²) in [5, 5.41) is 64.5. The largest absolute Gasteiger partial charge is 0.394 e. The maximum Gasteiger partial charge on any atom is 0.187 e. The van der Waals surface area contributed by atoms with Crippen LogP contribution in [0.4, 0.5) is 0 Å². The number of rotatable bonds is 15. The SMILES string of the molecule is CCC1CC(=O)C2(O)C3CCC4CC(OC5CC(OC)C(OC6CC(OC)C(OC7CC(O)C(OC8CC(OC)C(OC9OC(CO)C(O)C(O)C9O)C(C)O8)C(C)O7)C(C)O6)C(C)O5)CCC4(C)C3CCC12C. The Bertz CT molecular complexity index is 1850. The number of aliphatic hydroxyl groups excluding tert-OH is 5. The van der Waals surface area contributed by atoms with Crippen molar-refractivity contribution in [2.45, 2.75) is 273 Å². The Balaban J connectivity index is 0.733. The fraction of sp³-hybridized carbons (Fsp3) is 0.981. The van der Waals surface area contributed by atoms with Crippen molar-refractivity contribution in [2.24, 2.45) is 34.5 Å². The third-order valence-electron chi connectivity index (χ3n) is 20.1. The molecule has 74 heavy (non-hydrogen) atoms. The van der Waals surface area contributed by atoms with Gasteiger partial charge in [-0.15, -0.1) is 0 Å². The topological polar surface area (TPSA) is 258 Å². The van der Waals surface area contributed by atoms with E-state index in [1.165, 1.54) is 7.11 Å². The van der Waals surface area contributed by atoms with Crippen LogP contribution in [0.5, 0.6) is 0 Å². The van der Waals surface area contributed by atoms with Crippen molar-refractivity contribution in [3.63, 3.8) is 0 Å². The lowest BCUT2D eigenvalue weighted by Gasteiger charge is -2.63. The van der Waals surface area contributed by atoms with E-state index in [0.29, 0.717) is 31.1 Å². The van der Waals surface area contributed by atoms with Gasteiger partial charge in [-0.2, -0.15) is 0 Å². The molecule has 0 spiro atoms. The maximum absolute atomic E-state index is 13.6. The highest BCUT2D eigenvalue weighted by atomic mass is 16.8. The molecule has 5 aliphatic heterocycles. The summed E-state index contributed by atoms with van der Waals surface area (Å²) >= 11 is 0. The number of methoxy groups -OCH3 is 3. The van der Waals surface area contributed by atoms with Gasteiger partial charge in [0.15, 0.2) is 37.2 Å².